The first-order chi connectivity index (χ1) is 14.4. The van der Waals surface area contributed by atoms with Gasteiger partial charge in [0.1, 0.15) is 11.3 Å². The van der Waals surface area contributed by atoms with Gasteiger partial charge in [-0.1, -0.05) is 0 Å². The molecule has 0 bridgehead atoms. The minimum atomic E-state index is -0.820. The standard InChI is InChI=1S/C21H19BrN2O6/c1-4-30-14-7-5-13(6-8-14)24-20(26)15(19(25)23-21(24)27)9-12-10-16(22)18(29-3)17(11-12)28-2/h5-11H,4H2,1-3H3,(H,23,25,27)/b15-9+. The van der Waals surface area contributed by atoms with Crippen molar-refractivity contribution in [3.05, 3.63) is 52.0 Å². The molecule has 0 saturated carbocycles. The van der Waals surface area contributed by atoms with Gasteiger partial charge in [0, 0.05) is 0 Å². The van der Waals surface area contributed by atoms with Crippen molar-refractivity contribution in [3.63, 3.8) is 0 Å². The van der Waals surface area contributed by atoms with Crippen LogP contribution in [0.4, 0.5) is 10.5 Å². The molecule has 1 fully saturated rings. The topological polar surface area (TPSA) is 94.2 Å². The number of carbonyl (C=O) groups excluding carboxylic acids is 3. The number of carbonyl (C=O) groups is 3. The van der Waals surface area contributed by atoms with E-state index in [1.54, 1.807) is 36.4 Å². The second-order valence-electron chi connectivity index (χ2n) is 6.12. The van der Waals surface area contributed by atoms with E-state index in [9.17, 15) is 14.4 Å². The van der Waals surface area contributed by atoms with Crippen LogP contribution in [0, 0.1) is 0 Å². The third-order valence-electron chi connectivity index (χ3n) is 4.27. The highest BCUT2D eigenvalue weighted by atomic mass is 79.9. The lowest BCUT2D eigenvalue weighted by atomic mass is 10.1. The van der Waals surface area contributed by atoms with E-state index in [1.165, 1.54) is 20.3 Å². The maximum Gasteiger partial charge on any atom is 0.335 e. The van der Waals surface area contributed by atoms with Crippen LogP contribution in [0.25, 0.3) is 6.08 Å². The number of benzene rings is 2. The fraction of sp³-hybridized carbons (Fsp3) is 0.190. The summed E-state index contributed by atoms with van der Waals surface area (Å²) in [5.41, 5.74) is 0.634. The lowest BCUT2D eigenvalue weighted by Gasteiger charge is -2.26. The van der Waals surface area contributed by atoms with Crippen LogP contribution >= 0.6 is 15.9 Å². The first-order valence-corrected chi connectivity index (χ1v) is 9.74. The largest absolute Gasteiger partial charge is 0.494 e. The first-order valence-electron chi connectivity index (χ1n) is 8.95. The van der Waals surface area contributed by atoms with Crippen molar-refractivity contribution >= 4 is 45.5 Å². The van der Waals surface area contributed by atoms with E-state index in [-0.39, 0.29) is 5.57 Å². The molecule has 3 rings (SSSR count). The molecule has 1 heterocycles. The van der Waals surface area contributed by atoms with E-state index in [2.05, 4.69) is 21.2 Å². The van der Waals surface area contributed by atoms with Crippen molar-refractivity contribution in [3.8, 4) is 17.2 Å². The van der Waals surface area contributed by atoms with Crippen LogP contribution < -0.4 is 24.4 Å². The lowest BCUT2D eigenvalue weighted by molar-refractivity contribution is -0.122. The number of barbiturate groups is 1. The molecule has 0 radical (unpaired) electrons. The molecule has 0 unspecified atom stereocenters. The summed E-state index contributed by atoms with van der Waals surface area (Å²) in [5, 5.41) is 2.19. The zero-order chi connectivity index (χ0) is 21.8. The van der Waals surface area contributed by atoms with Crippen molar-refractivity contribution in [1.29, 1.82) is 0 Å². The Morgan fingerprint density at radius 2 is 1.77 bits per heavy atom. The van der Waals surface area contributed by atoms with Gasteiger partial charge < -0.3 is 14.2 Å². The molecule has 4 amide bonds. The summed E-state index contributed by atoms with van der Waals surface area (Å²) in [7, 11) is 2.98. The first kappa shape index (κ1) is 21.4. The van der Waals surface area contributed by atoms with E-state index in [0.717, 1.165) is 4.90 Å². The van der Waals surface area contributed by atoms with Crippen molar-refractivity contribution in [2.24, 2.45) is 0 Å². The minimum Gasteiger partial charge on any atom is -0.494 e. The van der Waals surface area contributed by atoms with Crippen LogP contribution in [0.15, 0.2) is 46.4 Å². The number of nitrogens with one attached hydrogen (secondary N) is 1. The highest BCUT2D eigenvalue weighted by Crippen LogP contribution is 2.37. The molecule has 156 valence electrons. The van der Waals surface area contributed by atoms with E-state index in [4.69, 9.17) is 14.2 Å². The molecule has 0 spiro atoms. The number of imide groups is 2. The number of anilines is 1. The molecule has 1 saturated heterocycles. The predicted molar refractivity (Wildman–Crippen MR) is 114 cm³/mol. The van der Waals surface area contributed by atoms with Crippen LogP contribution in [-0.2, 0) is 9.59 Å². The molecule has 0 atom stereocenters. The number of hydrogen-bond donors (Lipinski definition) is 1. The molecule has 2 aromatic carbocycles. The second kappa shape index (κ2) is 9.00. The van der Waals surface area contributed by atoms with Gasteiger partial charge in [-0.05, 0) is 70.9 Å². The summed E-state index contributed by atoms with van der Waals surface area (Å²) in [4.78, 5) is 38.6. The number of rotatable bonds is 6. The molecule has 30 heavy (non-hydrogen) atoms. The predicted octanol–water partition coefficient (Wildman–Crippen LogP) is 3.53. The van der Waals surface area contributed by atoms with E-state index >= 15 is 0 Å². The van der Waals surface area contributed by atoms with Gasteiger partial charge in [0.05, 0.1) is 31.0 Å². The smallest absolute Gasteiger partial charge is 0.335 e. The number of urea groups is 1. The fourth-order valence-corrected chi connectivity index (χ4v) is 3.56. The Balaban J connectivity index is 1.99. The SMILES string of the molecule is CCOc1ccc(N2C(=O)NC(=O)/C(=C\c3cc(Br)c(OC)c(OC)c3)C2=O)cc1. The lowest BCUT2D eigenvalue weighted by Crippen LogP contribution is -2.54. The Bertz CT molecular complexity index is 1030. The Morgan fingerprint density at radius 3 is 2.37 bits per heavy atom. The molecule has 1 aliphatic rings. The second-order valence-corrected chi connectivity index (χ2v) is 6.98. The van der Waals surface area contributed by atoms with Gasteiger partial charge in [-0.15, -0.1) is 0 Å². The number of nitrogens with zero attached hydrogens (tertiary/aromatic N) is 1. The third-order valence-corrected chi connectivity index (χ3v) is 4.86. The van der Waals surface area contributed by atoms with Crippen LogP contribution in [0.3, 0.4) is 0 Å². The summed E-state index contributed by atoms with van der Waals surface area (Å²) >= 11 is 3.38. The third kappa shape index (κ3) is 4.16. The Labute approximate surface area is 181 Å². The normalized spacial score (nSPS) is 15.3. The monoisotopic (exact) mass is 474 g/mol. The van der Waals surface area contributed by atoms with Gasteiger partial charge in [0.25, 0.3) is 11.8 Å². The van der Waals surface area contributed by atoms with Gasteiger partial charge >= 0.3 is 6.03 Å². The van der Waals surface area contributed by atoms with E-state index < -0.39 is 17.8 Å². The molecule has 2 aromatic rings. The zero-order valence-electron chi connectivity index (χ0n) is 16.5. The molecule has 9 heteroatoms. The minimum absolute atomic E-state index is 0.192. The van der Waals surface area contributed by atoms with Crippen LogP contribution in [0.2, 0.25) is 0 Å². The Morgan fingerprint density at radius 1 is 1.07 bits per heavy atom. The van der Waals surface area contributed by atoms with Gasteiger partial charge in [-0.2, -0.15) is 0 Å². The average Bonchev–Trinajstić information content (AvgIpc) is 2.72. The summed E-state index contributed by atoms with van der Waals surface area (Å²) in [5.74, 6) is -0.0165. The molecule has 1 aliphatic heterocycles. The quantitative estimate of drug-likeness (QED) is 0.508. The summed E-state index contributed by atoms with van der Waals surface area (Å²) < 4.78 is 16.5. The van der Waals surface area contributed by atoms with Crippen molar-refractivity contribution in [2.75, 3.05) is 25.7 Å². The van der Waals surface area contributed by atoms with Crippen LogP contribution in [0.1, 0.15) is 12.5 Å². The molecular weight excluding hydrogens is 456 g/mol. The molecule has 0 aromatic heterocycles. The van der Waals surface area contributed by atoms with Crippen molar-refractivity contribution in [2.45, 2.75) is 6.92 Å². The number of ether oxygens (including phenoxy) is 3. The van der Waals surface area contributed by atoms with E-state index in [1.807, 2.05) is 6.92 Å². The highest BCUT2D eigenvalue weighted by molar-refractivity contribution is 9.10. The number of amides is 4. The Hall–Kier alpha value is -3.33. The zero-order valence-corrected chi connectivity index (χ0v) is 18.1. The van der Waals surface area contributed by atoms with Gasteiger partial charge in [0.15, 0.2) is 11.5 Å². The summed E-state index contributed by atoms with van der Waals surface area (Å²) in [6, 6.07) is 8.91. The molecular formula is C21H19BrN2O6. The van der Waals surface area contributed by atoms with Gasteiger partial charge in [-0.3, -0.25) is 14.9 Å². The molecule has 1 N–H and O–H groups in total. The maximum absolute atomic E-state index is 13.0. The fourth-order valence-electron chi connectivity index (χ4n) is 2.94. The van der Waals surface area contributed by atoms with Gasteiger partial charge in [0.2, 0.25) is 0 Å². The maximum atomic E-state index is 13.0. The molecule has 0 aliphatic carbocycles. The van der Waals surface area contributed by atoms with Crippen LogP contribution in [0.5, 0.6) is 17.2 Å². The van der Waals surface area contributed by atoms with Crippen molar-refractivity contribution < 1.29 is 28.6 Å². The summed E-state index contributed by atoms with van der Waals surface area (Å²) in [6.07, 6.45) is 1.39. The summed E-state index contributed by atoms with van der Waals surface area (Å²) in [6.45, 7) is 2.34. The number of hydrogen-bond acceptors (Lipinski definition) is 6. The van der Waals surface area contributed by atoms with Crippen LogP contribution in [-0.4, -0.2) is 38.7 Å². The Kier molecular flexibility index (Phi) is 6.41. The van der Waals surface area contributed by atoms with Crippen molar-refractivity contribution in [1.82, 2.24) is 5.32 Å². The van der Waals surface area contributed by atoms with Gasteiger partial charge in [-0.25, -0.2) is 9.69 Å². The number of halogens is 1. The number of methoxy groups -OCH3 is 2. The molecule has 8 nitrogen and oxygen atoms in total. The highest BCUT2D eigenvalue weighted by Gasteiger charge is 2.36. The van der Waals surface area contributed by atoms with E-state index in [0.29, 0.717) is 39.6 Å². The average molecular weight is 475 g/mol.